The van der Waals surface area contributed by atoms with Gasteiger partial charge in [-0.15, -0.1) is 0 Å². The van der Waals surface area contributed by atoms with Gasteiger partial charge in [0.15, 0.2) is 17.2 Å². The first-order chi connectivity index (χ1) is 16.7. The molecule has 2 amide bonds. The number of aliphatic hydroxyl groups excluding tert-OH is 2. The minimum absolute atomic E-state index is 0.00898. The van der Waals surface area contributed by atoms with E-state index in [1.165, 1.54) is 0 Å². The van der Waals surface area contributed by atoms with Gasteiger partial charge < -0.3 is 25.6 Å². The predicted octanol–water partition coefficient (Wildman–Crippen LogP) is 1.01. The topological polar surface area (TPSA) is 145 Å². The Morgan fingerprint density at radius 2 is 1.69 bits per heavy atom. The van der Waals surface area contributed by atoms with E-state index in [9.17, 15) is 29.4 Å². The van der Waals surface area contributed by atoms with Gasteiger partial charge in [0.2, 0.25) is 11.8 Å². The summed E-state index contributed by atoms with van der Waals surface area (Å²) >= 11 is 0. The largest absolute Gasteiger partial charge is 0.394 e. The van der Waals surface area contributed by atoms with E-state index in [0.29, 0.717) is 37.7 Å². The van der Waals surface area contributed by atoms with Gasteiger partial charge in [0.25, 0.3) is 0 Å². The number of carbonyl (C=O) groups is 4. The van der Waals surface area contributed by atoms with Crippen molar-refractivity contribution in [2.45, 2.75) is 63.6 Å². The van der Waals surface area contributed by atoms with Crippen molar-refractivity contribution < 1.29 is 34.1 Å². The molecule has 9 heteroatoms. The van der Waals surface area contributed by atoms with E-state index in [2.05, 4.69) is 10.6 Å². The molecule has 1 aromatic carbocycles. The lowest BCUT2D eigenvalue weighted by atomic mass is 9.77. The van der Waals surface area contributed by atoms with Crippen molar-refractivity contribution >= 4 is 23.4 Å². The normalized spacial score (nSPS) is 25.4. The van der Waals surface area contributed by atoms with Crippen LogP contribution in [0.15, 0.2) is 30.3 Å². The second-order valence-corrected chi connectivity index (χ2v) is 10.0. The van der Waals surface area contributed by atoms with Gasteiger partial charge in [-0.25, -0.2) is 0 Å². The molecule has 4 unspecified atom stereocenters. The first kappa shape index (κ1) is 27.0. The average molecular weight is 489 g/mol. The van der Waals surface area contributed by atoms with E-state index in [4.69, 9.17) is 4.74 Å². The van der Waals surface area contributed by atoms with Gasteiger partial charge >= 0.3 is 0 Å². The number of Topliss-reactive ketones (excluding diaryl/α,β-unsaturated/α-hetero) is 2. The molecule has 1 heterocycles. The maximum atomic E-state index is 13.0. The molecule has 0 spiro atoms. The van der Waals surface area contributed by atoms with Gasteiger partial charge in [0.05, 0.1) is 25.9 Å². The van der Waals surface area contributed by atoms with E-state index >= 15 is 0 Å². The van der Waals surface area contributed by atoms with Gasteiger partial charge in [-0.1, -0.05) is 50.6 Å². The van der Waals surface area contributed by atoms with Crippen molar-refractivity contribution in [2.24, 2.45) is 17.8 Å². The smallest absolute Gasteiger partial charge is 0.245 e. The molecule has 3 rings (SSSR count). The number of hydrogen-bond acceptors (Lipinski definition) is 7. The molecule has 1 saturated heterocycles. The summed E-state index contributed by atoms with van der Waals surface area (Å²) in [5.41, 5.74) is -0.667. The first-order valence-electron chi connectivity index (χ1n) is 12.3. The SMILES string of the molecule is CC(C)CC(NC(=O)C(CO)NC(=O)C1CCC[C@@H](C(=O)c2ccccc2)C1)C(=O)C1(CO)CO1. The summed E-state index contributed by atoms with van der Waals surface area (Å²) in [6.07, 6.45) is 2.72. The third-order valence-electron chi connectivity index (χ3n) is 6.83. The molecule has 2 aliphatic rings. The highest BCUT2D eigenvalue weighted by Gasteiger charge is 2.54. The fourth-order valence-corrected chi connectivity index (χ4v) is 4.68. The third kappa shape index (κ3) is 6.74. The van der Waals surface area contributed by atoms with E-state index in [1.54, 1.807) is 24.3 Å². The first-order valence-corrected chi connectivity index (χ1v) is 12.3. The molecule has 0 aromatic heterocycles. The number of benzene rings is 1. The van der Waals surface area contributed by atoms with Crippen LogP contribution in [-0.4, -0.2) is 71.1 Å². The van der Waals surface area contributed by atoms with Gasteiger partial charge in [-0.2, -0.15) is 0 Å². The second-order valence-electron chi connectivity index (χ2n) is 10.0. The highest BCUT2D eigenvalue weighted by Crippen LogP contribution is 2.32. The molecule has 35 heavy (non-hydrogen) atoms. The molecule has 192 valence electrons. The van der Waals surface area contributed by atoms with Crippen molar-refractivity contribution in [3.8, 4) is 0 Å². The molecule has 1 aromatic rings. The van der Waals surface area contributed by atoms with Crippen LogP contribution in [-0.2, 0) is 19.1 Å². The molecule has 0 radical (unpaired) electrons. The highest BCUT2D eigenvalue weighted by molar-refractivity contribution is 5.99. The summed E-state index contributed by atoms with van der Waals surface area (Å²) in [4.78, 5) is 51.5. The molecule has 1 aliphatic carbocycles. The Bertz CT molecular complexity index is 914. The van der Waals surface area contributed by atoms with Gasteiger partial charge in [0.1, 0.15) is 6.04 Å². The fourth-order valence-electron chi connectivity index (χ4n) is 4.68. The number of rotatable bonds is 12. The molecule has 5 atom stereocenters. The van der Waals surface area contributed by atoms with E-state index < -0.39 is 54.4 Å². The van der Waals surface area contributed by atoms with Crippen LogP contribution in [0.3, 0.4) is 0 Å². The van der Waals surface area contributed by atoms with Crippen LogP contribution < -0.4 is 10.6 Å². The molecule has 9 nitrogen and oxygen atoms in total. The van der Waals surface area contributed by atoms with Crippen LogP contribution in [0.25, 0.3) is 0 Å². The van der Waals surface area contributed by atoms with Crippen LogP contribution in [0.4, 0.5) is 0 Å². The minimum atomic E-state index is -1.28. The number of aliphatic hydroxyl groups is 2. The summed E-state index contributed by atoms with van der Waals surface area (Å²) in [6, 6.07) is 6.83. The predicted molar refractivity (Wildman–Crippen MR) is 127 cm³/mol. The minimum Gasteiger partial charge on any atom is -0.394 e. The maximum Gasteiger partial charge on any atom is 0.245 e. The van der Waals surface area contributed by atoms with Crippen molar-refractivity contribution in [2.75, 3.05) is 19.8 Å². The molecule has 0 bridgehead atoms. The Balaban J connectivity index is 1.60. The molecule has 4 N–H and O–H groups in total. The molecule has 1 saturated carbocycles. The Hall–Kier alpha value is -2.62. The number of epoxide rings is 1. The number of hydrogen-bond donors (Lipinski definition) is 4. The Kier molecular flexibility index (Phi) is 9.15. The lowest BCUT2D eigenvalue weighted by Gasteiger charge is -2.29. The zero-order valence-electron chi connectivity index (χ0n) is 20.4. The van der Waals surface area contributed by atoms with Gasteiger partial charge in [-0.3, -0.25) is 19.2 Å². The average Bonchev–Trinajstić information content (AvgIpc) is 3.67. The summed E-state index contributed by atoms with van der Waals surface area (Å²) in [5, 5.41) is 24.5. The summed E-state index contributed by atoms with van der Waals surface area (Å²) in [5.74, 6) is -2.13. The number of ketones is 2. The van der Waals surface area contributed by atoms with Crippen molar-refractivity contribution in [3.05, 3.63) is 35.9 Å². The van der Waals surface area contributed by atoms with Crippen LogP contribution >= 0.6 is 0 Å². The van der Waals surface area contributed by atoms with Gasteiger partial charge in [0, 0.05) is 17.4 Å². The van der Waals surface area contributed by atoms with Crippen LogP contribution in [0.1, 0.15) is 56.3 Å². The number of carbonyl (C=O) groups excluding carboxylic acids is 4. The lowest BCUT2D eigenvalue weighted by Crippen LogP contribution is -2.56. The summed E-state index contributed by atoms with van der Waals surface area (Å²) in [6.45, 7) is 2.78. The Morgan fingerprint density at radius 1 is 1.03 bits per heavy atom. The standard InChI is InChI=1S/C26H36N2O7/c1-16(2)11-20(23(32)26(14-30)15-35-26)27-25(34)21(13-29)28-24(33)19-10-6-9-18(12-19)22(31)17-7-4-3-5-8-17/h3-5,7-8,16,18-21,29-30H,6,9-15H2,1-2H3,(H,27,34)(H,28,33)/t18-,19?,20?,21?,26?/m1/s1. The monoisotopic (exact) mass is 488 g/mol. The van der Waals surface area contributed by atoms with E-state index in [-0.39, 0.29) is 24.2 Å². The zero-order chi connectivity index (χ0) is 25.6. The van der Waals surface area contributed by atoms with Crippen molar-refractivity contribution in [1.29, 1.82) is 0 Å². The number of ether oxygens (including phenoxy) is 1. The molecular weight excluding hydrogens is 452 g/mol. The molecular formula is C26H36N2O7. The van der Waals surface area contributed by atoms with Crippen LogP contribution in [0, 0.1) is 17.8 Å². The third-order valence-corrected chi connectivity index (χ3v) is 6.83. The Labute approximate surface area is 205 Å². The quantitative estimate of drug-likeness (QED) is 0.254. The number of nitrogens with one attached hydrogen (secondary N) is 2. The lowest BCUT2D eigenvalue weighted by molar-refractivity contribution is -0.135. The van der Waals surface area contributed by atoms with Gasteiger partial charge in [-0.05, 0) is 31.6 Å². The molecule has 2 fully saturated rings. The summed E-state index contributed by atoms with van der Waals surface area (Å²) in [7, 11) is 0. The summed E-state index contributed by atoms with van der Waals surface area (Å²) < 4.78 is 5.15. The Morgan fingerprint density at radius 3 is 2.26 bits per heavy atom. The second kappa shape index (κ2) is 11.9. The van der Waals surface area contributed by atoms with E-state index in [1.807, 2.05) is 19.9 Å². The number of amides is 2. The fraction of sp³-hybridized carbons (Fsp3) is 0.615. The zero-order valence-corrected chi connectivity index (χ0v) is 20.4. The van der Waals surface area contributed by atoms with Crippen molar-refractivity contribution in [3.63, 3.8) is 0 Å². The maximum absolute atomic E-state index is 13.0. The van der Waals surface area contributed by atoms with Crippen LogP contribution in [0.2, 0.25) is 0 Å². The van der Waals surface area contributed by atoms with Crippen LogP contribution in [0.5, 0.6) is 0 Å². The van der Waals surface area contributed by atoms with Crippen molar-refractivity contribution in [1.82, 2.24) is 10.6 Å². The molecule has 1 aliphatic heterocycles. The van der Waals surface area contributed by atoms with E-state index in [0.717, 1.165) is 0 Å². The highest BCUT2D eigenvalue weighted by atomic mass is 16.6.